The smallest absolute Gasteiger partial charge is 0.244 e. The Balaban J connectivity index is 1.73. The van der Waals surface area contributed by atoms with E-state index < -0.39 is 0 Å². The van der Waals surface area contributed by atoms with E-state index in [0.29, 0.717) is 6.54 Å². The highest BCUT2D eigenvalue weighted by atomic mass is 16.5. The van der Waals surface area contributed by atoms with E-state index in [2.05, 4.69) is 27.5 Å². The summed E-state index contributed by atoms with van der Waals surface area (Å²) in [5.74, 6) is 0.836. The van der Waals surface area contributed by atoms with Crippen LogP contribution in [0.25, 0.3) is 0 Å². The summed E-state index contributed by atoms with van der Waals surface area (Å²) in [5.41, 5.74) is 1.28. The van der Waals surface area contributed by atoms with E-state index in [4.69, 9.17) is 4.74 Å². The van der Waals surface area contributed by atoms with Crippen LogP contribution < -0.4 is 10.1 Å². The van der Waals surface area contributed by atoms with Crippen molar-refractivity contribution in [3.05, 3.63) is 42.5 Å². The van der Waals surface area contributed by atoms with Crippen LogP contribution >= 0.6 is 0 Å². The molecule has 1 aromatic carbocycles. The van der Waals surface area contributed by atoms with Crippen molar-refractivity contribution < 1.29 is 9.53 Å². The lowest BCUT2D eigenvalue weighted by molar-refractivity contribution is -0.124. The maximum absolute atomic E-state index is 12.5. The Morgan fingerprint density at radius 3 is 2.60 bits per heavy atom. The molecule has 6 heteroatoms. The Bertz CT molecular complexity index is 676. The number of methoxy groups -OCH3 is 1. The van der Waals surface area contributed by atoms with E-state index in [0.717, 1.165) is 18.6 Å². The van der Waals surface area contributed by atoms with Crippen LogP contribution in [-0.2, 0) is 10.2 Å². The molecule has 1 atom stereocenters. The van der Waals surface area contributed by atoms with Gasteiger partial charge in [-0.2, -0.15) is 5.10 Å². The quantitative estimate of drug-likeness (QED) is 0.876. The molecule has 1 amide bonds. The minimum Gasteiger partial charge on any atom is -0.497 e. The number of amides is 1. The molecule has 2 aromatic rings. The molecule has 1 fully saturated rings. The van der Waals surface area contributed by atoms with Crippen LogP contribution in [0, 0.1) is 0 Å². The summed E-state index contributed by atoms with van der Waals surface area (Å²) in [6.45, 7) is 2.49. The van der Waals surface area contributed by atoms with Crippen LogP contribution in [0.5, 0.6) is 5.75 Å². The van der Waals surface area contributed by atoms with Gasteiger partial charge in [0, 0.05) is 12.0 Å². The molecule has 134 valence electrons. The van der Waals surface area contributed by atoms with Crippen molar-refractivity contribution in [3.8, 4) is 5.75 Å². The second-order valence-electron chi connectivity index (χ2n) is 6.84. The Kier molecular flexibility index (Phi) is 5.36. The summed E-state index contributed by atoms with van der Waals surface area (Å²) in [6, 6.07) is 7.92. The maximum atomic E-state index is 12.5. The Labute approximate surface area is 148 Å². The molecular formula is C19H26N4O2. The molecule has 1 aliphatic rings. The zero-order valence-electron chi connectivity index (χ0n) is 14.9. The van der Waals surface area contributed by atoms with Gasteiger partial charge in [-0.3, -0.25) is 4.79 Å². The van der Waals surface area contributed by atoms with Crippen LogP contribution in [0.15, 0.2) is 36.9 Å². The minimum atomic E-state index is -0.362. The summed E-state index contributed by atoms with van der Waals surface area (Å²) in [7, 11) is 1.68. The van der Waals surface area contributed by atoms with E-state index in [1.807, 2.05) is 19.1 Å². The average molecular weight is 342 g/mol. The molecular weight excluding hydrogens is 316 g/mol. The first-order valence-electron chi connectivity index (χ1n) is 8.91. The van der Waals surface area contributed by atoms with Gasteiger partial charge in [-0.1, -0.05) is 31.4 Å². The third-order valence-corrected chi connectivity index (χ3v) is 5.33. The highest BCUT2D eigenvalue weighted by Gasteiger charge is 2.34. The fraction of sp³-hybridized carbons (Fsp3) is 0.526. The highest BCUT2D eigenvalue weighted by molar-refractivity contribution is 5.79. The molecule has 0 saturated heterocycles. The molecule has 1 aliphatic carbocycles. The van der Waals surface area contributed by atoms with Gasteiger partial charge in [-0.25, -0.2) is 9.67 Å². The van der Waals surface area contributed by atoms with Gasteiger partial charge in [0.15, 0.2) is 0 Å². The van der Waals surface area contributed by atoms with Gasteiger partial charge >= 0.3 is 0 Å². The fourth-order valence-corrected chi connectivity index (χ4v) is 3.68. The topological polar surface area (TPSA) is 69.0 Å². The lowest BCUT2D eigenvalue weighted by Gasteiger charge is -2.38. The number of benzene rings is 1. The molecule has 3 rings (SSSR count). The predicted molar refractivity (Wildman–Crippen MR) is 95.5 cm³/mol. The van der Waals surface area contributed by atoms with Crippen LogP contribution in [0.1, 0.15) is 50.6 Å². The number of aromatic nitrogens is 3. The number of ether oxygens (including phenoxy) is 1. The predicted octanol–water partition coefficient (Wildman–Crippen LogP) is 2.87. The number of hydrogen-bond donors (Lipinski definition) is 1. The molecule has 0 radical (unpaired) electrons. The summed E-state index contributed by atoms with van der Waals surface area (Å²) in [4.78, 5) is 16.5. The number of carbonyl (C=O) groups is 1. The Morgan fingerprint density at radius 1 is 1.28 bits per heavy atom. The summed E-state index contributed by atoms with van der Waals surface area (Å²) in [5, 5.41) is 7.21. The Hall–Kier alpha value is -2.37. The Morgan fingerprint density at radius 2 is 2.00 bits per heavy atom. The fourth-order valence-electron chi connectivity index (χ4n) is 3.68. The number of hydrogen-bond acceptors (Lipinski definition) is 4. The second-order valence-corrected chi connectivity index (χ2v) is 6.84. The molecule has 1 saturated carbocycles. The molecule has 1 heterocycles. The molecule has 1 N–H and O–H groups in total. The van der Waals surface area contributed by atoms with Gasteiger partial charge in [-0.05, 0) is 37.5 Å². The average Bonchev–Trinajstić information content (AvgIpc) is 3.21. The summed E-state index contributed by atoms with van der Waals surface area (Å²) >= 11 is 0. The third kappa shape index (κ3) is 3.83. The van der Waals surface area contributed by atoms with Crippen molar-refractivity contribution in [3.63, 3.8) is 0 Å². The molecule has 0 unspecified atom stereocenters. The zero-order valence-corrected chi connectivity index (χ0v) is 14.9. The standard InChI is InChI=1S/C19H26N4O2/c1-15(23-14-20-13-22-23)18(24)21-12-19(10-4-3-5-11-19)16-6-8-17(25-2)9-7-16/h6-9,13-15H,3-5,10-12H2,1-2H3,(H,21,24)/t15-/m1/s1. The first-order chi connectivity index (χ1) is 12.1. The van der Waals surface area contributed by atoms with Gasteiger partial charge < -0.3 is 10.1 Å². The van der Waals surface area contributed by atoms with Crippen molar-refractivity contribution in [2.45, 2.75) is 50.5 Å². The van der Waals surface area contributed by atoms with Gasteiger partial charge in [0.2, 0.25) is 5.91 Å². The third-order valence-electron chi connectivity index (χ3n) is 5.33. The van der Waals surface area contributed by atoms with E-state index >= 15 is 0 Å². The molecule has 0 bridgehead atoms. The highest BCUT2D eigenvalue weighted by Crippen LogP contribution is 2.39. The molecule has 25 heavy (non-hydrogen) atoms. The number of carbonyl (C=O) groups excluding carboxylic acids is 1. The second kappa shape index (κ2) is 7.68. The summed E-state index contributed by atoms with van der Waals surface area (Å²) in [6.07, 6.45) is 8.87. The SMILES string of the molecule is COc1ccc(C2(CNC(=O)[C@@H](C)n3cncn3)CCCCC2)cc1. The van der Waals surface area contributed by atoms with Crippen molar-refractivity contribution in [1.29, 1.82) is 0 Å². The van der Waals surface area contributed by atoms with Crippen LogP contribution in [0.2, 0.25) is 0 Å². The van der Waals surface area contributed by atoms with Gasteiger partial charge in [0.25, 0.3) is 0 Å². The first kappa shape index (κ1) is 17.5. The summed E-state index contributed by atoms with van der Waals surface area (Å²) < 4.78 is 6.85. The first-order valence-corrected chi connectivity index (χ1v) is 8.91. The minimum absolute atomic E-state index is 0.00225. The van der Waals surface area contributed by atoms with E-state index in [1.165, 1.54) is 31.2 Å². The lowest BCUT2D eigenvalue weighted by Crippen LogP contribution is -2.44. The van der Waals surface area contributed by atoms with Crippen LogP contribution in [0.3, 0.4) is 0 Å². The normalized spacial score (nSPS) is 17.7. The zero-order chi connectivity index (χ0) is 17.7. The molecule has 6 nitrogen and oxygen atoms in total. The molecule has 0 spiro atoms. The van der Waals surface area contributed by atoms with E-state index in [1.54, 1.807) is 18.1 Å². The van der Waals surface area contributed by atoms with Crippen molar-refractivity contribution in [2.24, 2.45) is 0 Å². The monoisotopic (exact) mass is 342 g/mol. The van der Waals surface area contributed by atoms with Crippen LogP contribution in [0.4, 0.5) is 0 Å². The van der Waals surface area contributed by atoms with Gasteiger partial charge in [-0.15, -0.1) is 0 Å². The molecule has 1 aromatic heterocycles. The van der Waals surface area contributed by atoms with Gasteiger partial charge in [0.1, 0.15) is 24.4 Å². The van der Waals surface area contributed by atoms with Crippen molar-refractivity contribution >= 4 is 5.91 Å². The van der Waals surface area contributed by atoms with Crippen molar-refractivity contribution in [2.75, 3.05) is 13.7 Å². The number of nitrogens with zero attached hydrogens (tertiary/aromatic N) is 3. The maximum Gasteiger partial charge on any atom is 0.244 e. The van der Waals surface area contributed by atoms with E-state index in [9.17, 15) is 4.79 Å². The van der Waals surface area contributed by atoms with E-state index in [-0.39, 0.29) is 17.4 Å². The number of nitrogens with one attached hydrogen (secondary N) is 1. The largest absolute Gasteiger partial charge is 0.497 e. The molecule has 0 aliphatic heterocycles. The lowest BCUT2D eigenvalue weighted by atomic mass is 9.69. The van der Waals surface area contributed by atoms with Crippen molar-refractivity contribution in [1.82, 2.24) is 20.1 Å². The number of rotatable bonds is 6. The van der Waals surface area contributed by atoms with Crippen LogP contribution in [-0.4, -0.2) is 34.3 Å². The van der Waals surface area contributed by atoms with Gasteiger partial charge in [0.05, 0.1) is 7.11 Å².